The van der Waals surface area contributed by atoms with E-state index in [0.29, 0.717) is 25.7 Å². The fourth-order valence-electron chi connectivity index (χ4n) is 4.57. The van der Waals surface area contributed by atoms with E-state index >= 15 is 0 Å². The number of nitrogens with zero attached hydrogens (tertiary/aromatic N) is 6. The zero-order valence-corrected chi connectivity index (χ0v) is 19.6. The van der Waals surface area contributed by atoms with Gasteiger partial charge in [-0.25, -0.2) is 9.97 Å². The van der Waals surface area contributed by atoms with Gasteiger partial charge in [0.05, 0.1) is 55.1 Å². The molecule has 2 aliphatic rings. The Balaban J connectivity index is 1.25. The summed E-state index contributed by atoms with van der Waals surface area (Å²) in [6, 6.07) is -0.251. The Morgan fingerprint density at radius 1 is 1.11 bits per heavy atom. The number of amides is 2. The van der Waals surface area contributed by atoms with Crippen molar-refractivity contribution >= 4 is 24.0 Å². The van der Waals surface area contributed by atoms with Crippen molar-refractivity contribution in [3.8, 4) is 0 Å². The van der Waals surface area contributed by atoms with Crippen LogP contribution in [0.2, 0.25) is 0 Å². The Bertz CT molecular complexity index is 1210. The molecule has 11 nitrogen and oxygen atoms in total. The van der Waals surface area contributed by atoms with Crippen LogP contribution in [0.3, 0.4) is 0 Å². The first-order valence-electron chi connectivity index (χ1n) is 11.3. The van der Waals surface area contributed by atoms with Crippen LogP contribution in [0, 0.1) is 5.41 Å². The van der Waals surface area contributed by atoms with Crippen molar-refractivity contribution in [1.29, 1.82) is 5.41 Å². The summed E-state index contributed by atoms with van der Waals surface area (Å²) < 4.78 is 83.8. The van der Waals surface area contributed by atoms with Gasteiger partial charge in [0.1, 0.15) is 0 Å². The van der Waals surface area contributed by atoms with E-state index in [0.717, 1.165) is 17.1 Å². The lowest BCUT2D eigenvalue weighted by molar-refractivity contribution is -0.142. The molecule has 2 aliphatic heterocycles. The van der Waals surface area contributed by atoms with Crippen LogP contribution in [-0.4, -0.2) is 81.1 Å². The van der Waals surface area contributed by atoms with E-state index in [2.05, 4.69) is 15.1 Å². The van der Waals surface area contributed by atoms with Crippen LogP contribution < -0.4 is 10.6 Å². The molecule has 4 rings (SSSR count). The zero-order valence-electron chi connectivity index (χ0n) is 19.6. The average Bonchev–Trinajstić information content (AvgIpc) is 3.36. The number of carbonyl (C=O) groups excluding carboxylic acids is 2. The normalized spacial score (nSPS) is 19.3. The molecule has 0 saturated carbocycles. The number of rotatable bonds is 9. The van der Waals surface area contributed by atoms with Gasteiger partial charge >= 0.3 is 12.4 Å². The summed E-state index contributed by atoms with van der Waals surface area (Å²) in [5.74, 6) is -1.41. The third kappa shape index (κ3) is 5.27. The van der Waals surface area contributed by atoms with Crippen LogP contribution in [-0.2, 0) is 28.4 Å². The van der Waals surface area contributed by atoms with Gasteiger partial charge in [0.15, 0.2) is 5.69 Å². The fourth-order valence-corrected chi connectivity index (χ4v) is 4.57. The smallest absolute Gasteiger partial charge is 0.379 e. The number of aromatic nitrogens is 4. The molecule has 2 fully saturated rings. The quantitative estimate of drug-likeness (QED) is 0.276. The van der Waals surface area contributed by atoms with Crippen LogP contribution in [0.5, 0.6) is 0 Å². The van der Waals surface area contributed by atoms with E-state index in [9.17, 15) is 35.9 Å². The lowest BCUT2D eigenvalue weighted by atomic mass is 9.98. The first-order valence-corrected chi connectivity index (χ1v) is 11.3. The van der Waals surface area contributed by atoms with Crippen molar-refractivity contribution in [2.75, 3.05) is 31.2 Å². The van der Waals surface area contributed by atoms with Crippen molar-refractivity contribution in [3.05, 3.63) is 34.9 Å². The van der Waals surface area contributed by atoms with Gasteiger partial charge in [0, 0.05) is 31.7 Å². The Morgan fingerprint density at radius 3 is 2.37 bits per heavy atom. The maximum Gasteiger partial charge on any atom is 0.435 e. The Hall–Kier alpha value is -3.76. The van der Waals surface area contributed by atoms with Crippen molar-refractivity contribution in [3.63, 3.8) is 0 Å². The molecule has 206 valence electrons. The fraction of sp³-hybridized carbons (Fsp3) is 0.524. The third-order valence-corrected chi connectivity index (χ3v) is 6.39. The standard InChI is InChI=1S/C21H22F6N8O3/c22-20(23,24)11-8-30-19(31-9-11)34-10-14-12(34)1-3-33(14)15(36)2-5-38-6-4-35-13(7-28)16(18(29)37)17(32-35)21(25,26)27/h7-9,12,14,28H,1-6,10H2,(H2,29,37)/t12?,14-/m0/s1. The Kier molecular flexibility index (Phi) is 7.31. The second kappa shape index (κ2) is 10.2. The maximum absolute atomic E-state index is 13.2. The molecule has 4 heterocycles. The van der Waals surface area contributed by atoms with E-state index < -0.39 is 40.8 Å². The first-order chi connectivity index (χ1) is 17.8. The topological polar surface area (TPSA) is 143 Å². The summed E-state index contributed by atoms with van der Waals surface area (Å²) in [5, 5.41) is 10.7. The predicted octanol–water partition coefficient (Wildman–Crippen LogP) is 1.70. The molecule has 2 saturated heterocycles. The molecule has 3 N–H and O–H groups in total. The number of halogens is 6. The van der Waals surface area contributed by atoms with Crippen molar-refractivity contribution in [2.24, 2.45) is 5.73 Å². The van der Waals surface area contributed by atoms with E-state index in [1.807, 2.05) is 0 Å². The lowest BCUT2D eigenvalue weighted by Gasteiger charge is -2.46. The number of alkyl halides is 6. The summed E-state index contributed by atoms with van der Waals surface area (Å²) in [6.07, 6.45) is -6.89. The average molecular weight is 548 g/mol. The summed E-state index contributed by atoms with van der Waals surface area (Å²) in [6.45, 7) is 0.423. The molecule has 0 bridgehead atoms. The first kappa shape index (κ1) is 27.3. The van der Waals surface area contributed by atoms with Gasteiger partial charge in [-0.2, -0.15) is 31.4 Å². The molecule has 17 heteroatoms. The number of hydrogen-bond acceptors (Lipinski definition) is 8. The zero-order chi connectivity index (χ0) is 27.8. The van der Waals surface area contributed by atoms with E-state index in [1.54, 1.807) is 9.80 Å². The number of nitrogens with two attached hydrogens (primary N) is 1. The molecule has 2 aromatic heterocycles. The van der Waals surface area contributed by atoms with Gasteiger partial charge in [-0.05, 0) is 6.42 Å². The third-order valence-electron chi connectivity index (χ3n) is 6.39. The van der Waals surface area contributed by atoms with Gasteiger partial charge in [-0.15, -0.1) is 0 Å². The van der Waals surface area contributed by atoms with Crippen LogP contribution >= 0.6 is 0 Å². The Morgan fingerprint density at radius 2 is 1.79 bits per heavy atom. The SMILES string of the molecule is N=Cc1c(C(N)=O)c(C(F)(F)F)nn1CCOCCC(=O)N1CCC2[C@@H]1CN2c1ncc(C(F)(F)F)cn1. The molecule has 2 atom stereocenters. The number of anilines is 1. The molecule has 0 aliphatic carbocycles. The molecule has 2 amide bonds. The van der Waals surface area contributed by atoms with Gasteiger partial charge in [0.2, 0.25) is 11.9 Å². The number of primary amides is 1. The van der Waals surface area contributed by atoms with Crippen LogP contribution in [0.15, 0.2) is 12.4 Å². The van der Waals surface area contributed by atoms with Crippen molar-refractivity contribution in [1.82, 2.24) is 24.6 Å². The lowest BCUT2D eigenvalue weighted by Crippen LogP contribution is -2.63. The van der Waals surface area contributed by atoms with Crippen LogP contribution in [0.1, 0.15) is 40.2 Å². The van der Waals surface area contributed by atoms with E-state index in [-0.39, 0.29) is 50.1 Å². The number of fused-ring (bicyclic) bond motifs is 1. The predicted molar refractivity (Wildman–Crippen MR) is 117 cm³/mol. The molecule has 0 radical (unpaired) electrons. The summed E-state index contributed by atoms with van der Waals surface area (Å²) >= 11 is 0. The largest absolute Gasteiger partial charge is 0.435 e. The molecule has 38 heavy (non-hydrogen) atoms. The number of nitrogens with one attached hydrogen (secondary N) is 1. The molecule has 0 spiro atoms. The van der Waals surface area contributed by atoms with Crippen molar-refractivity contribution < 1.29 is 40.7 Å². The van der Waals surface area contributed by atoms with E-state index in [1.165, 1.54) is 0 Å². The number of ether oxygens (including phenoxy) is 1. The minimum Gasteiger partial charge on any atom is -0.379 e. The summed E-state index contributed by atoms with van der Waals surface area (Å²) in [5.41, 5.74) is 1.30. The van der Waals surface area contributed by atoms with Gasteiger partial charge in [-0.3, -0.25) is 14.3 Å². The molecular formula is C21H22F6N8O3. The second-order valence-electron chi connectivity index (χ2n) is 8.63. The molecule has 1 unspecified atom stereocenters. The summed E-state index contributed by atoms with van der Waals surface area (Å²) in [7, 11) is 0. The minimum atomic E-state index is -4.94. The highest BCUT2D eigenvalue weighted by atomic mass is 19.4. The van der Waals surface area contributed by atoms with Crippen LogP contribution in [0.25, 0.3) is 0 Å². The second-order valence-corrected chi connectivity index (χ2v) is 8.63. The highest BCUT2D eigenvalue weighted by Gasteiger charge is 2.49. The van der Waals surface area contributed by atoms with Crippen LogP contribution in [0.4, 0.5) is 32.3 Å². The summed E-state index contributed by atoms with van der Waals surface area (Å²) in [4.78, 5) is 35.1. The van der Waals surface area contributed by atoms with E-state index in [4.69, 9.17) is 15.9 Å². The van der Waals surface area contributed by atoms with Crippen molar-refractivity contribution in [2.45, 2.75) is 43.8 Å². The molecule has 2 aromatic rings. The monoisotopic (exact) mass is 548 g/mol. The van der Waals surface area contributed by atoms with Gasteiger partial charge in [0.25, 0.3) is 5.91 Å². The Labute approximate surface area is 211 Å². The van der Waals surface area contributed by atoms with Gasteiger partial charge < -0.3 is 25.7 Å². The number of likely N-dealkylation sites (tertiary alicyclic amines) is 1. The number of carbonyl (C=O) groups is 2. The molecule has 0 aromatic carbocycles. The van der Waals surface area contributed by atoms with Gasteiger partial charge in [-0.1, -0.05) is 0 Å². The highest BCUT2D eigenvalue weighted by molar-refractivity contribution is 6.01. The number of hydrogen-bond donors (Lipinski definition) is 2. The molecular weight excluding hydrogens is 526 g/mol. The maximum atomic E-state index is 13.2. The minimum absolute atomic E-state index is 0.00310. The highest BCUT2D eigenvalue weighted by Crippen LogP contribution is 2.36.